The highest BCUT2D eigenvalue weighted by Crippen LogP contribution is 2.32. The molecule has 1 aromatic heterocycles. The van der Waals surface area contributed by atoms with Crippen LogP contribution in [-0.4, -0.2) is 68.5 Å². The quantitative estimate of drug-likeness (QED) is 0.573. The topological polar surface area (TPSA) is 99.7 Å². The zero-order valence-electron chi connectivity index (χ0n) is 20.4. The molecule has 0 radical (unpaired) electrons. The second kappa shape index (κ2) is 10.9. The maximum Gasteiger partial charge on any atom is 0.265 e. The van der Waals surface area contributed by atoms with E-state index in [-0.39, 0.29) is 35.2 Å². The van der Waals surface area contributed by atoms with Crippen molar-refractivity contribution in [2.24, 2.45) is 5.92 Å². The van der Waals surface area contributed by atoms with Gasteiger partial charge in [-0.15, -0.1) is 0 Å². The number of nitrogens with zero attached hydrogens (tertiary/aromatic N) is 3. The van der Waals surface area contributed by atoms with E-state index in [1.807, 2.05) is 4.90 Å². The molecule has 3 heterocycles. The fourth-order valence-corrected chi connectivity index (χ4v) is 5.48. The normalized spacial score (nSPS) is 18.5. The maximum atomic E-state index is 13.7. The first-order chi connectivity index (χ1) is 17.4. The largest absolute Gasteiger partial charge is 0.355 e. The van der Waals surface area contributed by atoms with E-state index in [1.54, 1.807) is 18.2 Å². The Labute approximate surface area is 219 Å². The van der Waals surface area contributed by atoms with E-state index in [0.29, 0.717) is 55.3 Å². The highest BCUT2D eigenvalue weighted by atomic mass is 35.5. The van der Waals surface area contributed by atoms with E-state index in [4.69, 9.17) is 11.6 Å². The fourth-order valence-electron chi connectivity index (χ4n) is 4.71. The SMILES string of the molecule is CS(=O)(=O)c1cnc(N2CCC(CC(=O)N3CCCC(F)(F)C3)CC2)c(NC(=O)c2cccc(Cl)c2)c1. The molecule has 0 aliphatic carbocycles. The Morgan fingerprint density at radius 2 is 1.92 bits per heavy atom. The van der Waals surface area contributed by atoms with Gasteiger partial charge < -0.3 is 15.1 Å². The van der Waals surface area contributed by atoms with Gasteiger partial charge in [0.25, 0.3) is 11.8 Å². The summed E-state index contributed by atoms with van der Waals surface area (Å²) in [4.78, 5) is 33.0. The van der Waals surface area contributed by atoms with Crippen molar-refractivity contribution in [2.45, 2.75) is 42.9 Å². The molecule has 4 rings (SSSR count). The van der Waals surface area contributed by atoms with Crippen molar-refractivity contribution in [3.63, 3.8) is 0 Å². The van der Waals surface area contributed by atoms with Crippen LogP contribution in [0, 0.1) is 5.92 Å². The van der Waals surface area contributed by atoms with Gasteiger partial charge in [-0.3, -0.25) is 9.59 Å². The van der Waals surface area contributed by atoms with Gasteiger partial charge in [0, 0.05) is 55.5 Å². The number of amides is 2. The van der Waals surface area contributed by atoms with Crippen LogP contribution in [-0.2, 0) is 14.6 Å². The number of carbonyl (C=O) groups excluding carboxylic acids is 2. The molecule has 0 spiro atoms. The van der Waals surface area contributed by atoms with Crippen LogP contribution in [0.4, 0.5) is 20.3 Å². The number of carbonyl (C=O) groups is 2. The average Bonchev–Trinajstić information content (AvgIpc) is 2.83. The number of piperidine rings is 2. The number of likely N-dealkylation sites (tertiary alicyclic amines) is 1. The van der Waals surface area contributed by atoms with Crippen LogP contribution in [0.25, 0.3) is 0 Å². The minimum Gasteiger partial charge on any atom is -0.355 e. The Kier molecular flexibility index (Phi) is 8.03. The van der Waals surface area contributed by atoms with Gasteiger partial charge in [-0.05, 0) is 49.4 Å². The lowest BCUT2D eigenvalue weighted by Gasteiger charge is -2.36. The Morgan fingerprint density at radius 3 is 2.57 bits per heavy atom. The number of nitrogens with one attached hydrogen (secondary N) is 1. The molecule has 0 unspecified atom stereocenters. The van der Waals surface area contributed by atoms with Crippen molar-refractivity contribution in [1.82, 2.24) is 9.88 Å². The number of hydrogen-bond donors (Lipinski definition) is 1. The number of anilines is 2. The van der Waals surface area contributed by atoms with E-state index in [2.05, 4.69) is 10.3 Å². The lowest BCUT2D eigenvalue weighted by Crippen LogP contribution is -2.46. The lowest BCUT2D eigenvalue weighted by molar-refractivity contribution is -0.142. The first-order valence-corrected chi connectivity index (χ1v) is 14.4. The van der Waals surface area contributed by atoms with Gasteiger partial charge in [-0.25, -0.2) is 22.2 Å². The zero-order chi connectivity index (χ0) is 26.8. The molecule has 2 aliphatic heterocycles. The lowest BCUT2D eigenvalue weighted by atomic mass is 9.92. The van der Waals surface area contributed by atoms with E-state index < -0.39 is 28.2 Å². The highest BCUT2D eigenvalue weighted by Gasteiger charge is 2.37. The van der Waals surface area contributed by atoms with Gasteiger partial charge >= 0.3 is 0 Å². The van der Waals surface area contributed by atoms with Crippen molar-refractivity contribution in [3.05, 3.63) is 47.1 Å². The monoisotopic (exact) mass is 554 g/mol. The van der Waals surface area contributed by atoms with Crippen LogP contribution >= 0.6 is 11.6 Å². The van der Waals surface area contributed by atoms with Crippen molar-refractivity contribution >= 4 is 44.8 Å². The first kappa shape index (κ1) is 27.3. The van der Waals surface area contributed by atoms with Gasteiger partial charge in [0.15, 0.2) is 15.7 Å². The summed E-state index contributed by atoms with van der Waals surface area (Å²) in [7, 11) is -3.57. The van der Waals surface area contributed by atoms with Crippen LogP contribution < -0.4 is 10.2 Å². The fraction of sp³-hybridized carbons (Fsp3) is 0.480. The molecule has 8 nitrogen and oxygen atoms in total. The third-order valence-electron chi connectivity index (χ3n) is 6.73. The Hall–Kier alpha value is -2.79. The zero-order valence-corrected chi connectivity index (χ0v) is 22.0. The number of aromatic nitrogens is 1. The molecule has 2 aliphatic rings. The molecule has 2 fully saturated rings. The number of rotatable bonds is 6. The Morgan fingerprint density at radius 1 is 1.19 bits per heavy atom. The number of alkyl halides is 2. The smallest absolute Gasteiger partial charge is 0.265 e. The molecule has 12 heteroatoms. The molecule has 2 amide bonds. The Balaban J connectivity index is 1.46. The number of halogens is 3. The Bertz CT molecular complexity index is 1280. The first-order valence-electron chi connectivity index (χ1n) is 12.1. The third-order valence-corrected chi connectivity index (χ3v) is 8.04. The third kappa shape index (κ3) is 6.95. The second-order valence-corrected chi connectivity index (χ2v) is 12.1. The second-order valence-electron chi connectivity index (χ2n) is 9.69. The number of pyridine rings is 1. The van der Waals surface area contributed by atoms with E-state index >= 15 is 0 Å². The predicted molar refractivity (Wildman–Crippen MR) is 137 cm³/mol. The number of sulfone groups is 1. The van der Waals surface area contributed by atoms with Crippen molar-refractivity contribution < 1.29 is 26.8 Å². The minimum absolute atomic E-state index is 0.0311. The highest BCUT2D eigenvalue weighted by molar-refractivity contribution is 7.90. The summed E-state index contributed by atoms with van der Waals surface area (Å²) in [6.07, 6.45) is 3.91. The summed E-state index contributed by atoms with van der Waals surface area (Å²) in [5.41, 5.74) is 0.557. The summed E-state index contributed by atoms with van der Waals surface area (Å²) in [6.45, 7) is 0.870. The molecule has 0 bridgehead atoms. The summed E-state index contributed by atoms with van der Waals surface area (Å²) >= 11 is 6.00. The van der Waals surface area contributed by atoms with Crippen LogP contribution in [0.15, 0.2) is 41.4 Å². The molecular weight excluding hydrogens is 526 g/mol. The molecule has 0 atom stereocenters. The van der Waals surface area contributed by atoms with Gasteiger partial charge in [-0.2, -0.15) is 0 Å². The van der Waals surface area contributed by atoms with Gasteiger partial charge in [-0.1, -0.05) is 17.7 Å². The average molecular weight is 555 g/mol. The molecule has 1 aromatic carbocycles. The molecule has 2 saturated heterocycles. The molecule has 37 heavy (non-hydrogen) atoms. The molecule has 0 saturated carbocycles. The number of hydrogen-bond acceptors (Lipinski definition) is 6. The summed E-state index contributed by atoms with van der Waals surface area (Å²) < 4.78 is 51.7. The van der Waals surface area contributed by atoms with Crippen LogP contribution in [0.5, 0.6) is 0 Å². The van der Waals surface area contributed by atoms with Crippen LogP contribution in [0.1, 0.15) is 42.5 Å². The summed E-state index contributed by atoms with van der Waals surface area (Å²) in [6, 6.07) is 7.76. The van der Waals surface area contributed by atoms with Crippen LogP contribution in [0.3, 0.4) is 0 Å². The van der Waals surface area contributed by atoms with Gasteiger partial charge in [0.05, 0.1) is 17.1 Å². The number of benzene rings is 1. The molecular formula is C25H29ClF2N4O4S. The molecule has 200 valence electrons. The standard InChI is InChI=1S/C25H29ClF2N4O4S/c1-37(35,36)20-14-21(30-24(34)18-4-2-5-19(26)13-18)23(29-15-20)31-10-6-17(7-11-31)12-22(33)32-9-3-8-25(27,28)16-32/h2,4-5,13-15,17H,3,6-12,16H2,1H3,(H,30,34). The molecule has 2 aromatic rings. The van der Waals surface area contributed by atoms with Gasteiger partial charge in [0.2, 0.25) is 5.91 Å². The minimum atomic E-state index is -3.57. The maximum absolute atomic E-state index is 13.7. The van der Waals surface area contributed by atoms with Gasteiger partial charge in [0.1, 0.15) is 0 Å². The van der Waals surface area contributed by atoms with Crippen molar-refractivity contribution in [2.75, 3.05) is 42.7 Å². The van der Waals surface area contributed by atoms with E-state index in [0.717, 1.165) is 6.26 Å². The molecule has 1 N–H and O–H groups in total. The summed E-state index contributed by atoms with van der Waals surface area (Å²) in [5, 5.41) is 3.15. The van der Waals surface area contributed by atoms with Crippen molar-refractivity contribution in [1.29, 1.82) is 0 Å². The van der Waals surface area contributed by atoms with Crippen molar-refractivity contribution in [3.8, 4) is 0 Å². The predicted octanol–water partition coefficient (Wildman–Crippen LogP) is 4.26. The summed E-state index contributed by atoms with van der Waals surface area (Å²) in [5.74, 6) is -3.08. The van der Waals surface area contributed by atoms with Crippen LogP contribution in [0.2, 0.25) is 5.02 Å². The van der Waals surface area contributed by atoms with E-state index in [1.165, 1.54) is 23.2 Å². The van der Waals surface area contributed by atoms with E-state index in [9.17, 15) is 26.8 Å².